The molecule has 8 N–H and O–H groups in total. The Morgan fingerprint density at radius 1 is 0.783 bits per heavy atom. The molecule has 2 aliphatic heterocycles. The third-order valence-electron chi connectivity index (χ3n) is 7.71. The smallest absolute Gasteiger partial charge is 0.312 e. The number of aromatic nitrogens is 8. The van der Waals surface area contributed by atoms with Crippen molar-refractivity contribution in [2.75, 3.05) is 43.7 Å². The summed E-state index contributed by atoms with van der Waals surface area (Å²) in [6.07, 6.45) is -6.60. The van der Waals surface area contributed by atoms with Gasteiger partial charge in [0.05, 0.1) is 12.7 Å². The van der Waals surface area contributed by atoms with E-state index in [4.69, 9.17) is 25.4 Å². The largest absolute Gasteiger partial charge is 0.390 e. The van der Waals surface area contributed by atoms with Crippen LogP contribution in [0, 0.1) is 6.08 Å². The van der Waals surface area contributed by atoms with E-state index in [0.29, 0.717) is 5.82 Å². The van der Waals surface area contributed by atoms with Crippen molar-refractivity contribution in [1.29, 1.82) is 0 Å². The van der Waals surface area contributed by atoms with Crippen LogP contribution in [-0.2, 0) is 9.47 Å². The Labute approximate surface area is 255 Å². The summed E-state index contributed by atoms with van der Waals surface area (Å²) in [6, 6.07) is 0. The number of rotatable bonds is 6. The highest BCUT2D eigenvalue weighted by Crippen LogP contribution is 2.49. The quantitative estimate of drug-likeness (QED) is 0.106. The van der Waals surface area contributed by atoms with E-state index < -0.39 is 67.0 Å². The van der Waals surface area contributed by atoms with Crippen molar-refractivity contribution in [3.05, 3.63) is 18.7 Å². The average Bonchev–Trinajstić information content (AvgIpc) is 3.72. The number of aliphatic hydroxyl groups is 4. The second-order valence-corrected chi connectivity index (χ2v) is 10.9. The molecule has 8 atom stereocenters. The van der Waals surface area contributed by atoms with Crippen LogP contribution in [0.3, 0.4) is 0 Å². The normalized spacial score (nSPS) is 34.2. The lowest BCUT2D eigenvalue weighted by molar-refractivity contribution is -0.206. The van der Waals surface area contributed by atoms with Gasteiger partial charge in [0.25, 0.3) is 11.7 Å². The van der Waals surface area contributed by atoms with Crippen LogP contribution in [0.1, 0.15) is 26.3 Å². The van der Waals surface area contributed by atoms with Crippen molar-refractivity contribution in [2.45, 2.75) is 61.6 Å². The number of halogens is 5. The van der Waals surface area contributed by atoms with Crippen molar-refractivity contribution in [1.82, 2.24) is 39.0 Å². The lowest BCUT2D eigenvalue weighted by Gasteiger charge is -2.24. The van der Waals surface area contributed by atoms with Crippen LogP contribution in [0.4, 0.5) is 39.5 Å². The van der Waals surface area contributed by atoms with Gasteiger partial charge < -0.3 is 46.3 Å². The van der Waals surface area contributed by atoms with E-state index in [9.17, 15) is 32.2 Å². The number of anilines is 3. The number of nitrogens with zero attached hydrogens (tertiary/aromatic N) is 8. The standard InChI is InChI=1S/C12H14F3N5O3.C12H16F2N6O3/c1-11(14)8(22)12(15,3-21)23-9(11)20-4-17-5-6(16-2)18-10(13)19-7(5)20;1-11(13)8(22)12(14,3-21)23-9(11)20-4-17-5-6(16-2)18-10(15)19-7(5)20/h4,8-9,21-22H,3H2,1-2H3,(H,16,18,19);4,8-9,21-22H,3H2,1-2H3,(H3,15,16,18,19)/t2*8-,9+,11+,12+/m00/s1. The van der Waals surface area contributed by atoms with Crippen LogP contribution in [0.15, 0.2) is 12.7 Å². The first-order chi connectivity index (χ1) is 21.5. The first-order valence-corrected chi connectivity index (χ1v) is 13.4. The first kappa shape index (κ1) is 33.3. The molecule has 4 aromatic heterocycles. The van der Waals surface area contributed by atoms with Gasteiger partial charge in [-0.2, -0.15) is 24.3 Å². The number of aliphatic hydroxyl groups excluding tert-OH is 4. The van der Waals surface area contributed by atoms with Crippen LogP contribution in [0.5, 0.6) is 0 Å². The summed E-state index contributed by atoms with van der Waals surface area (Å²) in [5.74, 6) is -5.67. The number of nitrogen functional groups attached to an aromatic ring is 1. The van der Waals surface area contributed by atoms with Gasteiger partial charge in [-0.05, 0) is 13.8 Å². The third kappa shape index (κ3) is 5.00. The molecule has 2 aliphatic rings. The maximum Gasteiger partial charge on any atom is 0.312 e. The predicted octanol–water partition coefficient (Wildman–Crippen LogP) is 0.00930. The number of hydrogen-bond donors (Lipinski definition) is 7. The van der Waals surface area contributed by atoms with Crippen molar-refractivity contribution in [2.24, 2.45) is 0 Å². The van der Waals surface area contributed by atoms with Crippen molar-refractivity contribution >= 4 is 39.9 Å². The molecule has 0 aromatic carbocycles. The van der Waals surface area contributed by atoms with Gasteiger partial charge in [0, 0.05) is 14.1 Å². The van der Waals surface area contributed by atoms with Crippen LogP contribution < -0.4 is 16.4 Å². The van der Waals surface area contributed by atoms with Crippen LogP contribution in [0.25, 0.3) is 22.3 Å². The van der Waals surface area contributed by atoms with Crippen molar-refractivity contribution in [3.8, 4) is 0 Å². The second-order valence-electron chi connectivity index (χ2n) is 10.9. The molecule has 0 amide bonds. The molecule has 2 saturated heterocycles. The number of nitrogens with two attached hydrogens (primary N) is 1. The van der Waals surface area contributed by atoms with E-state index in [1.165, 1.54) is 13.4 Å². The molecule has 0 unspecified atom stereocenters. The van der Waals surface area contributed by atoms with E-state index >= 15 is 0 Å². The van der Waals surface area contributed by atoms with Gasteiger partial charge in [0.1, 0.15) is 13.2 Å². The van der Waals surface area contributed by atoms with E-state index in [-0.39, 0.29) is 34.1 Å². The van der Waals surface area contributed by atoms with Gasteiger partial charge in [0.2, 0.25) is 5.95 Å². The van der Waals surface area contributed by atoms with Crippen LogP contribution in [0.2, 0.25) is 0 Å². The van der Waals surface area contributed by atoms with E-state index in [1.807, 2.05) is 0 Å². The molecule has 6 heterocycles. The zero-order chi connectivity index (χ0) is 34.0. The minimum Gasteiger partial charge on any atom is -0.390 e. The number of fused-ring (bicyclic) bond motifs is 2. The molecule has 22 heteroatoms. The van der Waals surface area contributed by atoms with Gasteiger partial charge in [0.15, 0.2) is 70.0 Å². The molecule has 2 fully saturated rings. The monoisotopic (exact) mass is 663 g/mol. The molecule has 0 spiro atoms. The summed E-state index contributed by atoms with van der Waals surface area (Å²) in [5, 5.41) is 43.1. The Hall–Kier alpha value is -4.09. The number of ether oxygens (including phenoxy) is 2. The van der Waals surface area contributed by atoms with E-state index in [1.54, 1.807) is 7.05 Å². The highest BCUT2D eigenvalue weighted by atomic mass is 19.2. The molecule has 0 aliphatic carbocycles. The molecular formula is C24H30F5N11O6. The SMILES string of the molecule is CNc1nc(F)nc2c1ncn2[C@@H]1O[C@](F)(CO)[C@@H](O)[C@@]1(C)F.CNc1nc(N)nc2c1ncn2[C@@H]1O[C@](F)(CO)[C@@H](O)[C@@]1(C)F. The maximum absolute atomic E-state index is 14.9. The van der Waals surface area contributed by atoms with Gasteiger partial charge in [-0.1, -0.05) is 0 Å². The fraction of sp³-hybridized carbons (Fsp3) is 0.583. The van der Waals surface area contributed by atoms with Gasteiger partial charge in [-0.15, -0.1) is 0 Å². The molecule has 0 bridgehead atoms. The highest BCUT2D eigenvalue weighted by molar-refractivity contribution is 5.84. The number of nitrogens with one attached hydrogen (secondary N) is 2. The third-order valence-corrected chi connectivity index (χ3v) is 7.71. The zero-order valence-corrected chi connectivity index (χ0v) is 24.5. The molecule has 0 radical (unpaired) electrons. The van der Waals surface area contributed by atoms with Gasteiger partial charge in [-0.3, -0.25) is 9.13 Å². The number of imidazole rings is 2. The summed E-state index contributed by atoms with van der Waals surface area (Å²) in [7, 11) is 3.07. The molecule has 6 rings (SSSR count). The molecule has 4 aromatic rings. The van der Waals surface area contributed by atoms with E-state index in [0.717, 1.165) is 29.3 Å². The number of hydrogen-bond acceptors (Lipinski definition) is 15. The minimum absolute atomic E-state index is 0.0547. The number of alkyl halides is 4. The zero-order valence-electron chi connectivity index (χ0n) is 24.5. The topological polar surface area (TPSA) is 237 Å². The fourth-order valence-electron chi connectivity index (χ4n) is 5.26. The molecule has 0 saturated carbocycles. The Bertz CT molecular complexity index is 1630. The molecule has 17 nitrogen and oxygen atoms in total. The van der Waals surface area contributed by atoms with Crippen molar-refractivity contribution < 1.29 is 51.9 Å². The van der Waals surface area contributed by atoms with Crippen LogP contribution in [-0.4, -0.2) is 122 Å². The Morgan fingerprint density at radius 2 is 1.20 bits per heavy atom. The lowest BCUT2D eigenvalue weighted by atomic mass is 9.97. The Morgan fingerprint density at radius 3 is 1.59 bits per heavy atom. The molecule has 46 heavy (non-hydrogen) atoms. The maximum atomic E-state index is 14.9. The van der Waals surface area contributed by atoms with Crippen LogP contribution >= 0.6 is 0 Å². The summed E-state index contributed by atoms with van der Waals surface area (Å²) >= 11 is 0. The van der Waals surface area contributed by atoms with E-state index in [2.05, 4.69) is 40.5 Å². The second kappa shape index (κ2) is 11.3. The molecular weight excluding hydrogens is 633 g/mol. The lowest BCUT2D eigenvalue weighted by Crippen LogP contribution is -2.46. The summed E-state index contributed by atoms with van der Waals surface area (Å²) in [5.41, 5.74) is 0.786. The Kier molecular flexibility index (Phi) is 8.18. The molecule has 252 valence electrons. The first-order valence-electron chi connectivity index (χ1n) is 13.4. The van der Waals surface area contributed by atoms with Gasteiger partial charge >= 0.3 is 6.08 Å². The van der Waals surface area contributed by atoms with Gasteiger partial charge in [-0.25, -0.2) is 27.5 Å². The Balaban J connectivity index is 0.000000181. The summed E-state index contributed by atoms with van der Waals surface area (Å²) in [6.45, 7) is -0.575. The fourth-order valence-corrected chi connectivity index (χ4v) is 5.26. The minimum atomic E-state index is -3.00. The summed E-state index contributed by atoms with van der Waals surface area (Å²) in [4.78, 5) is 22.9. The predicted molar refractivity (Wildman–Crippen MR) is 147 cm³/mol. The highest BCUT2D eigenvalue weighted by Gasteiger charge is 2.65. The average molecular weight is 664 g/mol. The summed E-state index contributed by atoms with van der Waals surface area (Å²) < 4.78 is 83.7. The van der Waals surface area contributed by atoms with Crippen molar-refractivity contribution in [3.63, 3.8) is 0 Å².